The van der Waals surface area contributed by atoms with E-state index in [0.29, 0.717) is 13.2 Å². The lowest BCUT2D eigenvalue weighted by atomic mass is 10.0. The Morgan fingerprint density at radius 2 is 1.75 bits per heavy atom. The number of hydrogen-bond acceptors (Lipinski definition) is 6. The molecule has 0 amide bonds. The number of hydrogen-bond donors (Lipinski definition) is 1. The highest BCUT2D eigenvalue weighted by Gasteiger charge is 2.24. The lowest BCUT2D eigenvalue weighted by Crippen LogP contribution is -2.49. The molecule has 0 bridgehead atoms. The second-order valence-corrected chi connectivity index (χ2v) is 8.91. The number of anilines is 1. The number of aliphatic hydroxyl groups excluding tert-OH is 1. The fraction of sp³-hybridized carbons (Fsp3) is 0.615. The van der Waals surface area contributed by atoms with Gasteiger partial charge in [-0.25, -0.2) is 9.97 Å². The number of benzene rings is 1. The average molecular weight is 441 g/mol. The Morgan fingerprint density at radius 1 is 1.03 bits per heavy atom. The van der Waals surface area contributed by atoms with Crippen molar-refractivity contribution >= 4 is 5.82 Å². The second-order valence-electron chi connectivity index (χ2n) is 8.91. The van der Waals surface area contributed by atoms with Gasteiger partial charge in [-0.2, -0.15) is 0 Å². The van der Waals surface area contributed by atoms with Crippen molar-refractivity contribution in [1.82, 2.24) is 14.9 Å². The standard InChI is InChI=1S/C26H40N4O2/c1-5-7-16-32-19-23(31)18-29-12-14-30(15-13-29)26-24(25(6-2)27-21(4)28-26)17-22-10-8-20(3)9-11-22/h8-11,23,31H,5-7,12-19H2,1-4H3/t23-/m1/s1. The molecule has 0 spiro atoms. The molecule has 32 heavy (non-hydrogen) atoms. The summed E-state index contributed by atoms with van der Waals surface area (Å²) in [5, 5.41) is 10.3. The van der Waals surface area contributed by atoms with Crippen LogP contribution in [0.4, 0.5) is 5.82 Å². The van der Waals surface area contributed by atoms with Crippen LogP contribution in [0.2, 0.25) is 0 Å². The molecule has 1 fully saturated rings. The summed E-state index contributed by atoms with van der Waals surface area (Å²) in [5.74, 6) is 1.92. The molecule has 1 aliphatic rings. The third-order valence-corrected chi connectivity index (χ3v) is 6.11. The Labute approximate surface area is 193 Å². The highest BCUT2D eigenvalue weighted by Crippen LogP contribution is 2.26. The van der Waals surface area contributed by atoms with Crippen molar-refractivity contribution in [3.8, 4) is 0 Å². The van der Waals surface area contributed by atoms with Gasteiger partial charge < -0.3 is 14.7 Å². The molecule has 2 heterocycles. The number of nitrogens with zero attached hydrogens (tertiary/aromatic N) is 4. The van der Waals surface area contributed by atoms with Gasteiger partial charge in [-0.05, 0) is 32.3 Å². The number of β-amino-alcohol motifs (C(OH)–C–C–N with tert-alkyl or cyclic N) is 1. The van der Waals surface area contributed by atoms with Gasteiger partial charge in [0.2, 0.25) is 0 Å². The lowest BCUT2D eigenvalue weighted by Gasteiger charge is -2.37. The molecule has 6 nitrogen and oxygen atoms in total. The number of ether oxygens (including phenoxy) is 1. The minimum absolute atomic E-state index is 0.422. The molecule has 1 atom stereocenters. The molecule has 1 aliphatic heterocycles. The van der Waals surface area contributed by atoms with Crippen LogP contribution in [0.25, 0.3) is 0 Å². The summed E-state index contributed by atoms with van der Waals surface area (Å²) < 4.78 is 5.58. The Hall–Kier alpha value is -2.02. The first-order valence-corrected chi connectivity index (χ1v) is 12.1. The zero-order valence-corrected chi connectivity index (χ0v) is 20.3. The number of rotatable bonds is 11. The zero-order valence-electron chi connectivity index (χ0n) is 20.3. The molecule has 0 saturated carbocycles. The van der Waals surface area contributed by atoms with Crippen LogP contribution in [-0.2, 0) is 17.6 Å². The molecule has 2 aromatic rings. The fourth-order valence-electron chi connectivity index (χ4n) is 4.24. The summed E-state index contributed by atoms with van der Waals surface area (Å²) in [7, 11) is 0. The van der Waals surface area contributed by atoms with Gasteiger partial charge in [0.1, 0.15) is 11.6 Å². The molecule has 0 unspecified atom stereocenters. The molecule has 6 heteroatoms. The Morgan fingerprint density at radius 3 is 2.41 bits per heavy atom. The van der Waals surface area contributed by atoms with Crippen LogP contribution < -0.4 is 4.90 Å². The SMILES string of the molecule is CCCCOC[C@H](O)CN1CCN(c2nc(C)nc(CC)c2Cc2ccc(C)cc2)CC1. The summed E-state index contributed by atoms with van der Waals surface area (Å²) in [6.45, 7) is 13.9. The van der Waals surface area contributed by atoms with Crippen molar-refractivity contribution in [3.05, 3.63) is 52.5 Å². The van der Waals surface area contributed by atoms with E-state index in [1.165, 1.54) is 16.7 Å². The predicted octanol–water partition coefficient (Wildman–Crippen LogP) is 3.55. The van der Waals surface area contributed by atoms with Crippen LogP contribution in [0.5, 0.6) is 0 Å². The molecular formula is C26H40N4O2. The number of piperazine rings is 1. The smallest absolute Gasteiger partial charge is 0.136 e. The molecule has 0 aliphatic carbocycles. The van der Waals surface area contributed by atoms with Crippen LogP contribution in [0.1, 0.15) is 54.9 Å². The van der Waals surface area contributed by atoms with Crippen LogP contribution in [-0.4, -0.2) is 72.0 Å². The molecule has 1 aromatic heterocycles. The van der Waals surface area contributed by atoms with Gasteiger partial charge in [-0.15, -0.1) is 0 Å². The van der Waals surface area contributed by atoms with Crippen LogP contribution in [0.15, 0.2) is 24.3 Å². The first-order valence-electron chi connectivity index (χ1n) is 12.1. The van der Waals surface area contributed by atoms with Crippen molar-refractivity contribution < 1.29 is 9.84 Å². The van der Waals surface area contributed by atoms with Gasteiger partial charge in [0.15, 0.2) is 0 Å². The van der Waals surface area contributed by atoms with Crippen molar-refractivity contribution in [2.75, 3.05) is 50.8 Å². The van der Waals surface area contributed by atoms with E-state index in [-0.39, 0.29) is 0 Å². The van der Waals surface area contributed by atoms with Crippen molar-refractivity contribution in [2.45, 2.75) is 59.5 Å². The van der Waals surface area contributed by atoms with Crippen LogP contribution in [0.3, 0.4) is 0 Å². The van der Waals surface area contributed by atoms with Gasteiger partial charge >= 0.3 is 0 Å². The third-order valence-electron chi connectivity index (χ3n) is 6.11. The normalized spacial score (nSPS) is 15.8. The maximum absolute atomic E-state index is 10.3. The maximum Gasteiger partial charge on any atom is 0.136 e. The van der Waals surface area contributed by atoms with Gasteiger partial charge in [-0.1, -0.05) is 50.1 Å². The summed E-state index contributed by atoms with van der Waals surface area (Å²) in [4.78, 5) is 14.4. The lowest BCUT2D eigenvalue weighted by molar-refractivity contribution is 0.0150. The van der Waals surface area contributed by atoms with Crippen LogP contribution >= 0.6 is 0 Å². The van der Waals surface area contributed by atoms with Crippen molar-refractivity contribution in [1.29, 1.82) is 0 Å². The first kappa shape index (κ1) is 24.6. The summed E-state index contributed by atoms with van der Waals surface area (Å²) in [5.41, 5.74) is 4.97. The van der Waals surface area contributed by atoms with E-state index in [1.54, 1.807) is 0 Å². The van der Waals surface area contributed by atoms with Gasteiger partial charge in [0, 0.05) is 57.0 Å². The van der Waals surface area contributed by atoms with Crippen molar-refractivity contribution in [2.24, 2.45) is 0 Å². The largest absolute Gasteiger partial charge is 0.389 e. The highest BCUT2D eigenvalue weighted by atomic mass is 16.5. The van der Waals surface area contributed by atoms with E-state index in [4.69, 9.17) is 14.7 Å². The molecule has 0 radical (unpaired) electrons. The van der Waals surface area contributed by atoms with E-state index in [0.717, 1.165) is 75.8 Å². The summed E-state index contributed by atoms with van der Waals surface area (Å²) in [6.07, 6.45) is 3.50. The quantitative estimate of drug-likeness (QED) is 0.539. The van der Waals surface area contributed by atoms with E-state index in [1.807, 2.05) is 6.92 Å². The van der Waals surface area contributed by atoms with Gasteiger partial charge in [0.25, 0.3) is 0 Å². The first-order chi connectivity index (χ1) is 15.5. The highest BCUT2D eigenvalue weighted by molar-refractivity contribution is 5.52. The Balaban J connectivity index is 1.65. The Bertz CT molecular complexity index is 832. The molecule has 1 saturated heterocycles. The van der Waals surface area contributed by atoms with Gasteiger partial charge in [0.05, 0.1) is 12.7 Å². The number of unbranched alkanes of at least 4 members (excludes halogenated alkanes) is 1. The minimum Gasteiger partial charge on any atom is -0.389 e. The molecule has 176 valence electrons. The zero-order chi connectivity index (χ0) is 22.9. The van der Waals surface area contributed by atoms with Crippen molar-refractivity contribution in [3.63, 3.8) is 0 Å². The van der Waals surface area contributed by atoms with E-state index < -0.39 is 6.10 Å². The Kier molecular flexibility index (Phi) is 9.45. The minimum atomic E-state index is -0.427. The molecule has 1 N–H and O–H groups in total. The maximum atomic E-state index is 10.3. The summed E-state index contributed by atoms with van der Waals surface area (Å²) in [6, 6.07) is 8.76. The van der Waals surface area contributed by atoms with E-state index in [2.05, 4.69) is 54.8 Å². The van der Waals surface area contributed by atoms with E-state index in [9.17, 15) is 5.11 Å². The number of aromatic nitrogens is 2. The monoisotopic (exact) mass is 440 g/mol. The topological polar surface area (TPSA) is 61.7 Å². The molecule has 3 rings (SSSR count). The third kappa shape index (κ3) is 6.99. The molecule has 1 aromatic carbocycles. The second kappa shape index (κ2) is 12.3. The fourth-order valence-corrected chi connectivity index (χ4v) is 4.24. The predicted molar refractivity (Wildman–Crippen MR) is 131 cm³/mol. The average Bonchev–Trinajstić information content (AvgIpc) is 2.79. The van der Waals surface area contributed by atoms with E-state index >= 15 is 0 Å². The molecular weight excluding hydrogens is 400 g/mol. The summed E-state index contributed by atoms with van der Waals surface area (Å²) >= 11 is 0. The van der Waals surface area contributed by atoms with Gasteiger partial charge in [-0.3, -0.25) is 4.90 Å². The number of aryl methyl sites for hydroxylation is 3. The van der Waals surface area contributed by atoms with Crippen LogP contribution in [0, 0.1) is 13.8 Å². The number of aliphatic hydroxyl groups is 1.